The normalized spacial score (nSPS) is 11.1. The van der Waals surface area contributed by atoms with E-state index < -0.39 is 0 Å². The van der Waals surface area contributed by atoms with Crippen LogP contribution in [0.15, 0.2) is 35.7 Å². The average Bonchev–Trinajstić information content (AvgIpc) is 2.89. The first-order valence-electron chi connectivity index (χ1n) is 4.97. The molecule has 0 aliphatic rings. The summed E-state index contributed by atoms with van der Waals surface area (Å²) in [6.07, 6.45) is 0. The lowest BCUT2D eigenvalue weighted by Gasteiger charge is -1.93. The molecule has 0 radical (unpaired) electrons. The summed E-state index contributed by atoms with van der Waals surface area (Å²) in [5, 5.41) is 6.44. The summed E-state index contributed by atoms with van der Waals surface area (Å²) in [5.74, 6) is 0.752. The molecule has 0 atom stereocenters. The lowest BCUT2D eigenvalue weighted by molar-refractivity contribution is 0.868. The Morgan fingerprint density at radius 2 is 2.06 bits per heavy atom. The molecule has 0 saturated carbocycles. The van der Waals surface area contributed by atoms with Crippen molar-refractivity contribution in [1.82, 2.24) is 14.6 Å². The molecule has 0 aliphatic carbocycles. The van der Waals surface area contributed by atoms with Crippen LogP contribution in [0.3, 0.4) is 0 Å². The van der Waals surface area contributed by atoms with Crippen LogP contribution in [0.1, 0.15) is 5.69 Å². The molecular formula is C11H10N4S. The van der Waals surface area contributed by atoms with Gasteiger partial charge < -0.3 is 5.73 Å². The smallest absolute Gasteiger partial charge is 0.212 e. The van der Waals surface area contributed by atoms with E-state index in [9.17, 15) is 0 Å². The molecule has 2 N–H and O–H groups in total. The SMILES string of the molecule is NCc1csc2nc(-c3ccccc3)nn12. The molecule has 5 heteroatoms. The fraction of sp³-hybridized carbons (Fsp3) is 0.0909. The minimum absolute atomic E-state index is 0.484. The summed E-state index contributed by atoms with van der Waals surface area (Å²) in [6, 6.07) is 9.94. The Morgan fingerprint density at radius 1 is 1.25 bits per heavy atom. The second-order valence-corrected chi connectivity index (χ2v) is 4.26. The van der Waals surface area contributed by atoms with E-state index in [0.29, 0.717) is 6.54 Å². The largest absolute Gasteiger partial charge is 0.325 e. The zero-order valence-electron chi connectivity index (χ0n) is 8.50. The standard InChI is InChI=1S/C11H10N4S/c12-6-9-7-16-11-13-10(14-15(9)11)8-4-2-1-3-5-8/h1-5,7H,6,12H2. The first-order valence-corrected chi connectivity index (χ1v) is 5.85. The molecule has 0 bridgehead atoms. The number of hydrogen-bond acceptors (Lipinski definition) is 4. The van der Waals surface area contributed by atoms with Crippen LogP contribution < -0.4 is 5.73 Å². The Labute approximate surface area is 96.4 Å². The van der Waals surface area contributed by atoms with Crippen LogP contribution in [0.25, 0.3) is 16.3 Å². The second-order valence-electron chi connectivity index (χ2n) is 3.43. The van der Waals surface area contributed by atoms with E-state index in [1.54, 1.807) is 11.3 Å². The van der Waals surface area contributed by atoms with Crippen LogP contribution in [0.4, 0.5) is 0 Å². The quantitative estimate of drug-likeness (QED) is 0.731. The summed E-state index contributed by atoms with van der Waals surface area (Å²) < 4.78 is 1.81. The monoisotopic (exact) mass is 230 g/mol. The third kappa shape index (κ3) is 1.41. The van der Waals surface area contributed by atoms with Gasteiger partial charge in [-0.05, 0) is 0 Å². The third-order valence-corrected chi connectivity index (χ3v) is 3.26. The molecule has 1 aromatic carbocycles. The van der Waals surface area contributed by atoms with Crippen LogP contribution in [-0.4, -0.2) is 14.6 Å². The van der Waals surface area contributed by atoms with E-state index in [0.717, 1.165) is 22.0 Å². The summed E-state index contributed by atoms with van der Waals surface area (Å²) in [7, 11) is 0. The lowest BCUT2D eigenvalue weighted by Crippen LogP contribution is -2.00. The summed E-state index contributed by atoms with van der Waals surface area (Å²) in [5.41, 5.74) is 7.65. The van der Waals surface area contributed by atoms with Gasteiger partial charge in [-0.3, -0.25) is 0 Å². The highest BCUT2D eigenvalue weighted by molar-refractivity contribution is 7.15. The molecule has 80 valence electrons. The molecule has 0 spiro atoms. The molecular weight excluding hydrogens is 220 g/mol. The van der Waals surface area contributed by atoms with Crippen LogP contribution in [0.5, 0.6) is 0 Å². The zero-order valence-corrected chi connectivity index (χ0v) is 9.31. The second kappa shape index (κ2) is 3.70. The van der Waals surface area contributed by atoms with Crippen LogP contribution in [-0.2, 0) is 6.54 Å². The fourth-order valence-electron chi connectivity index (χ4n) is 1.58. The number of thiazole rings is 1. The highest BCUT2D eigenvalue weighted by atomic mass is 32.1. The van der Waals surface area contributed by atoms with Crippen molar-refractivity contribution in [3.05, 3.63) is 41.4 Å². The van der Waals surface area contributed by atoms with E-state index in [4.69, 9.17) is 5.73 Å². The van der Waals surface area contributed by atoms with Crippen molar-refractivity contribution in [2.75, 3.05) is 0 Å². The molecule has 3 rings (SSSR count). The maximum absolute atomic E-state index is 5.63. The van der Waals surface area contributed by atoms with Gasteiger partial charge >= 0.3 is 0 Å². The van der Waals surface area contributed by atoms with Gasteiger partial charge in [0.1, 0.15) is 0 Å². The molecule has 0 amide bonds. The van der Waals surface area contributed by atoms with Crippen molar-refractivity contribution < 1.29 is 0 Å². The van der Waals surface area contributed by atoms with E-state index >= 15 is 0 Å². The number of aromatic nitrogens is 3. The summed E-state index contributed by atoms with van der Waals surface area (Å²) >= 11 is 1.56. The third-order valence-electron chi connectivity index (χ3n) is 2.39. The molecule has 2 aromatic heterocycles. The van der Waals surface area contributed by atoms with Gasteiger partial charge in [-0.2, -0.15) is 4.98 Å². The van der Waals surface area contributed by atoms with Crippen molar-refractivity contribution in [3.8, 4) is 11.4 Å². The number of fused-ring (bicyclic) bond motifs is 1. The van der Waals surface area contributed by atoms with Crippen LogP contribution in [0.2, 0.25) is 0 Å². The van der Waals surface area contributed by atoms with Gasteiger partial charge in [0.05, 0.1) is 5.69 Å². The number of hydrogen-bond donors (Lipinski definition) is 1. The zero-order chi connectivity index (χ0) is 11.0. The Morgan fingerprint density at radius 3 is 2.81 bits per heavy atom. The number of rotatable bonds is 2. The topological polar surface area (TPSA) is 56.2 Å². The molecule has 2 heterocycles. The number of benzene rings is 1. The molecule has 0 unspecified atom stereocenters. The van der Waals surface area contributed by atoms with Gasteiger partial charge in [-0.1, -0.05) is 30.3 Å². The van der Waals surface area contributed by atoms with Crippen molar-refractivity contribution in [2.24, 2.45) is 5.73 Å². The van der Waals surface area contributed by atoms with Crippen molar-refractivity contribution in [2.45, 2.75) is 6.54 Å². The van der Waals surface area contributed by atoms with Gasteiger partial charge in [0.15, 0.2) is 5.82 Å². The predicted octanol–water partition coefficient (Wildman–Crippen LogP) is 1.92. The molecule has 4 nitrogen and oxygen atoms in total. The van der Waals surface area contributed by atoms with Gasteiger partial charge in [0, 0.05) is 17.5 Å². The first-order chi connectivity index (χ1) is 7.88. The molecule has 0 fully saturated rings. The van der Waals surface area contributed by atoms with Gasteiger partial charge in [0.2, 0.25) is 4.96 Å². The van der Waals surface area contributed by atoms with Crippen molar-refractivity contribution in [1.29, 1.82) is 0 Å². The van der Waals surface area contributed by atoms with E-state index in [1.165, 1.54) is 0 Å². The molecule has 3 aromatic rings. The molecule has 16 heavy (non-hydrogen) atoms. The number of nitrogens with two attached hydrogens (primary N) is 1. The van der Waals surface area contributed by atoms with Crippen molar-refractivity contribution >= 4 is 16.3 Å². The Hall–Kier alpha value is -1.72. The van der Waals surface area contributed by atoms with Gasteiger partial charge in [0.25, 0.3) is 0 Å². The maximum Gasteiger partial charge on any atom is 0.212 e. The average molecular weight is 230 g/mol. The minimum atomic E-state index is 0.484. The predicted molar refractivity (Wildman–Crippen MR) is 64.2 cm³/mol. The molecule has 0 saturated heterocycles. The van der Waals surface area contributed by atoms with E-state index in [1.807, 2.05) is 40.2 Å². The first kappa shape index (κ1) is 9.50. The highest BCUT2D eigenvalue weighted by Gasteiger charge is 2.09. The summed E-state index contributed by atoms with van der Waals surface area (Å²) in [6.45, 7) is 0.484. The van der Waals surface area contributed by atoms with Crippen LogP contribution >= 0.6 is 11.3 Å². The van der Waals surface area contributed by atoms with E-state index in [-0.39, 0.29) is 0 Å². The lowest BCUT2D eigenvalue weighted by atomic mass is 10.2. The van der Waals surface area contributed by atoms with Crippen molar-refractivity contribution in [3.63, 3.8) is 0 Å². The van der Waals surface area contributed by atoms with E-state index in [2.05, 4.69) is 10.1 Å². The Balaban J connectivity index is 2.16. The number of nitrogens with zero attached hydrogens (tertiary/aromatic N) is 3. The fourth-order valence-corrected chi connectivity index (χ4v) is 2.41. The minimum Gasteiger partial charge on any atom is -0.325 e. The van der Waals surface area contributed by atoms with Gasteiger partial charge in [-0.25, -0.2) is 4.52 Å². The van der Waals surface area contributed by atoms with Gasteiger partial charge in [-0.15, -0.1) is 16.4 Å². The maximum atomic E-state index is 5.63. The molecule has 0 aliphatic heterocycles. The Bertz CT molecular complexity index is 611. The summed E-state index contributed by atoms with van der Waals surface area (Å²) in [4.78, 5) is 5.35. The Kier molecular flexibility index (Phi) is 2.19. The highest BCUT2D eigenvalue weighted by Crippen LogP contribution is 2.20. The van der Waals surface area contributed by atoms with Crippen LogP contribution in [0, 0.1) is 0 Å².